The van der Waals surface area contributed by atoms with Gasteiger partial charge in [-0.1, -0.05) is 79.5 Å². The molecule has 8 nitrogen and oxygen atoms in total. The van der Waals surface area contributed by atoms with Crippen LogP contribution >= 0.6 is 11.6 Å². The van der Waals surface area contributed by atoms with Crippen molar-refractivity contribution in [3.8, 4) is 22.4 Å². The number of ether oxygens (including phenoxy) is 1. The molecule has 10 heteroatoms. The Hall–Kier alpha value is -3.50. The van der Waals surface area contributed by atoms with E-state index in [-0.39, 0.29) is 24.8 Å². The predicted octanol–water partition coefficient (Wildman–Crippen LogP) is 7.80. The number of nitrogens with zero attached hydrogens (tertiary/aromatic N) is 5. The van der Waals surface area contributed by atoms with Gasteiger partial charge in [-0.05, 0) is 61.9 Å². The molecule has 0 amide bonds. The molecule has 3 aromatic rings. The molecule has 0 radical (unpaired) electrons. The van der Waals surface area contributed by atoms with Gasteiger partial charge in [0, 0.05) is 67.8 Å². The van der Waals surface area contributed by atoms with Crippen LogP contribution in [-0.2, 0) is 24.1 Å². The van der Waals surface area contributed by atoms with Gasteiger partial charge in [0.25, 0.3) is 0 Å². The van der Waals surface area contributed by atoms with Crippen LogP contribution in [0.15, 0.2) is 70.7 Å². The summed E-state index contributed by atoms with van der Waals surface area (Å²) in [6.45, 7) is 8.64. The summed E-state index contributed by atoms with van der Waals surface area (Å²) in [6, 6.07) is 15.1. The number of aliphatic hydroxyl groups excluding tert-OH is 1. The Bertz CT molecular complexity index is 1570. The molecule has 1 N–H and O–H groups in total. The van der Waals surface area contributed by atoms with Gasteiger partial charge in [0.2, 0.25) is 0 Å². The third kappa shape index (κ3) is 10.0. The van der Waals surface area contributed by atoms with E-state index in [0.717, 1.165) is 68.8 Å². The molecule has 0 saturated carbocycles. The SMILES string of the molecule is CCC[C@@H](CN=O)CN(C)CC(=C\OC)/N=C\Cc1cccc(-c2cccc(-c3ccc(CN4CC[C@@H](CO)C4)c(CC)n3)c2Cl)c1F. The molecule has 0 aliphatic carbocycles. The summed E-state index contributed by atoms with van der Waals surface area (Å²) in [6.07, 6.45) is 7.28. The van der Waals surface area contributed by atoms with E-state index in [2.05, 4.69) is 39.9 Å². The van der Waals surface area contributed by atoms with Crippen molar-refractivity contribution in [2.45, 2.75) is 52.5 Å². The summed E-state index contributed by atoms with van der Waals surface area (Å²) in [5.74, 6) is 0.192. The number of aliphatic imine (C=N–C) groups is 1. The lowest BCUT2D eigenvalue weighted by Crippen LogP contribution is -2.29. The number of methoxy groups -OCH3 is 1. The molecule has 0 bridgehead atoms. The zero-order chi connectivity index (χ0) is 34.5. The fraction of sp³-hybridized carbons (Fsp3) is 0.474. The molecular formula is C38H49ClFN5O3. The van der Waals surface area contributed by atoms with Crippen LogP contribution in [0.5, 0.6) is 0 Å². The van der Waals surface area contributed by atoms with Gasteiger partial charge in [0.05, 0.1) is 30.1 Å². The summed E-state index contributed by atoms with van der Waals surface area (Å²) in [7, 11) is 3.55. The lowest BCUT2D eigenvalue weighted by atomic mass is 9.97. The fourth-order valence-corrected chi connectivity index (χ4v) is 6.83. The highest BCUT2D eigenvalue weighted by Crippen LogP contribution is 2.38. The maximum Gasteiger partial charge on any atom is 0.134 e. The first-order chi connectivity index (χ1) is 23.3. The highest BCUT2D eigenvalue weighted by atomic mass is 35.5. The Morgan fingerprint density at radius 2 is 1.94 bits per heavy atom. The quantitative estimate of drug-likeness (QED) is 0.0840. The van der Waals surface area contributed by atoms with Crippen molar-refractivity contribution in [1.29, 1.82) is 0 Å². The van der Waals surface area contributed by atoms with Crippen molar-refractivity contribution >= 4 is 17.8 Å². The zero-order valence-corrected chi connectivity index (χ0v) is 29.4. The van der Waals surface area contributed by atoms with Crippen molar-refractivity contribution in [3.63, 3.8) is 0 Å². The number of benzene rings is 2. The molecular weight excluding hydrogens is 629 g/mol. The maximum absolute atomic E-state index is 16.0. The molecule has 4 rings (SSSR count). The van der Waals surface area contributed by atoms with Crippen molar-refractivity contribution in [2.75, 3.05) is 53.5 Å². The van der Waals surface area contributed by atoms with Crippen LogP contribution in [0.1, 0.15) is 49.9 Å². The Morgan fingerprint density at radius 1 is 1.17 bits per heavy atom. The van der Waals surface area contributed by atoms with Gasteiger partial charge in [-0.15, -0.1) is 0 Å². The fourth-order valence-electron chi connectivity index (χ4n) is 6.50. The van der Waals surface area contributed by atoms with Gasteiger partial charge >= 0.3 is 0 Å². The van der Waals surface area contributed by atoms with Crippen molar-refractivity contribution < 1.29 is 14.2 Å². The molecule has 2 aromatic carbocycles. The van der Waals surface area contributed by atoms with E-state index in [9.17, 15) is 10.0 Å². The minimum absolute atomic E-state index is 0.192. The molecule has 258 valence electrons. The van der Waals surface area contributed by atoms with Gasteiger partial charge < -0.3 is 14.7 Å². The number of likely N-dealkylation sites (tertiary alicyclic amines) is 1. The molecule has 48 heavy (non-hydrogen) atoms. The lowest BCUT2D eigenvalue weighted by molar-refractivity contribution is 0.220. The van der Waals surface area contributed by atoms with Gasteiger partial charge in [-0.3, -0.25) is 14.9 Å². The Labute approximate surface area is 289 Å². The zero-order valence-electron chi connectivity index (χ0n) is 28.7. The van der Waals surface area contributed by atoms with Gasteiger partial charge in [0.1, 0.15) is 12.1 Å². The highest BCUT2D eigenvalue weighted by molar-refractivity contribution is 6.36. The summed E-state index contributed by atoms with van der Waals surface area (Å²) in [5.41, 5.74) is 5.93. The lowest BCUT2D eigenvalue weighted by Gasteiger charge is -2.22. The second-order valence-corrected chi connectivity index (χ2v) is 13.1. The van der Waals surface area contributed by atoms with Crippen LogP contribution in [-0.4, -0.2) is 79.6 Å². The average molecular weight is 678 g/mol. The number of hydrogen-bond acceptors (Lipinski definition) is 8. The second-order valence-electron chi connectivity index (χ2n) is 12.7. The molecule has 2 atom stereocenters. The number of rotatable bonds is 18. The van der Waals surface area contributed by atoms with Crippen LogP contribution in [0.4, 0.5) is 4.39 Å². The van der Waals surface area contributed by atoms with E-state index < -0.39 is 0 Å². The summed E-state index contributed by atoms with van der Waals surface area (Å²) >= 11 is 7.00. The summed E-state index contributed by atoms with van der Waals surface area (Å²) < 4.78 is 21.3. The number of halogens is 2. The van der Waals surface area contributed by atoms with Crippen molar-refractivity contribution in [1.82, 2.24) is 14.8 Å². The Balaban J connectivity index is 1.50. The standard InChI is InChI=1S/C38H49ClFN5O3/c1-5-9-27(20-42-47)21-44(3)24-31(26-48-4)41-18-16-29-10-7-12-33(38(29)40)32-11-8-13-34(37(32)39)36-15-14-30(35(6-2)43-36)23-45-19-17-28(22-45)25-46/h7-8,10-15,18,26-28,46H,5-6,9,16-17,19-25H2,1-4H3/b31-26+,41-18-/t27-,28+/m0/s1. The number of aromatic nitrogens is 1. The Morgan fingerprint density at radius 3 is 2.65 bits per heavy atom. The van der Waals surface area contributed by atoms with Crippen LogP contribution in [0.2, 0.25) is 5.02 Å². The number of likely N-dealkylation sites (N-methyl/N-ethyl adjacent to an activating group) is 1. The smallest absolute Gasteiger partial charge is 0.134 e. The van der Waals surface area contributed by atoms with Crippen LogP contribution < -0.4 is 0 Å². The highest BCUT2D eigenvalue weighted by Gasteiger charge is 2.23. The van der Waals surface area contributed by atoms with Crippen molar-refractivity contribution in [3.05, 3.63) is 93.1 Å². The minimum atomic E-state index is -0.342. The van der Waals surface area contributed by atoms with E-state index in [1.54, 1.807) is 31.7 Å². The number of aryl methyl sites for hydroxylation is 1. The van der Waals surface area contributed by atoms with Crippen molar-refractivity contribution in [2.24, 2.45) is 22.0 Å². The van der Waals surface area contributed by atoms with E-state index in [4.69, 9.17) is 21.3 Å². The molecule has 2 heterocycles. The van der Waals surface area contributed by atoms with Gasteiger partial charge in [0.15, 0.2) is 0 Å². The molecule has 1 aromatic heterocycles. The topological polar surface area (TPSA) is 90.6 Å². The molecule has 1 fully saturated rings. The summed E-state index contributed by atoms with van der Waals surface area (Å²) in [4.78, 5) is 24.9. The Kier molecular flexibility index (Phi) is 14.7. The van der Waals surface area contributed by atoms with E-state index in [0.29, 0.717) is 46.4 Å². The molecule has 1 aliphatic heterocycles. The summed E-state index contributed by atoms with van der Waals surface area (Å²) in [5, 5.41) is 13.1. The average Bonchev–Trinajstić information content (AvgIpc) is 3.54. The third-order valence-corrected chi connectivity index (χ3v) is 9.33. The minimum Gasteiger partial charge on any atom is -0.502 e. The number of nitroso groups, excluding NO2 is 1. The molecule has 0 unspecified atom stereocenters. The van der Waals surface area contributed by atoms with Crippen LogP contribution in [0, 0.1) is 22.6 Å². The molecule has 1 aliphatic rings. The van der Waals surface area contributed by atoms with Gasteiger partial charge in [-0.2, -0.15) is 4.91 Å². The van der Waals surface area contributed by atoms with E-state index >= 15 is 4.39 Å². The first kappa shape index (κ1) is 37.3. The van der Waals surface area contributed by atoms with E-state index in [1.165, 1.54) is 5.56 Å². The monoisotopic (exact) mass is 677 g/mol. The predicted molar refractivity (Wildman–Crippen MR) is 194 cm³/mol. The number of hydrogen-bond donors (Lipinski definition) is 1. The van der Waals surface area contributed by atoms with E-state index in [1.807, 2.05) is 37.4 Å². The van der Waals surface area contributed by atoms with Crippen LogP contribution in [0.25, 0.3) is 22.4 Å². The first-order valence-electron chi connectivity index (χ1n) is 16.9. The number of pyridine rings is 1. The largest absolute Gasteiger partial charge is 0.502 e. The second kappa shape index (κ2) is 18.9. The molecule has 0 spiro atoms. The first-order valence-corrected chi connectivity index (χ1v) is 17.3. The normalized spacial score (nSPS) is 16.2. The van der Waals surface area contributed by atoms with Crippen LogP contribution in [0.3, 0.4) is 0 Å². The maximum atomic E-state index is 16.0. The van der Waals surface area contributed by atoms with Gasteiger partial charge in [-0.25, -0.2) is 4.39 Å². The third-order valence-electron chi connectivity index (χ3n) is 8.92. The molecule has 1 saturated heterocycles. The number of aliphatic hydroxyl groups is 1.